The fourth-order valence-corrected chi connectivity index (χ4v) is 1.75. The van der Waals surface area contributed by atoms with Crippen LogP contribution in [0.15, 0.2) is 48.5 Å². The molecule has 0 bridgehead atoms. The van der Waals surface area contributed by atoms with Crippen molar-refractivity contribution in [3.05, 3.63) is 59.7 Å². The summed E-state index contributed by atoms with van der Waals surface area (Å²) in [7, 11) is 0. The molecular formula is C19H34Na2O7S. The Hall–Kier alpha value is -0.100. The molecule has 0 aromatic heterocycles. The number of rotatable bonds is 4. The van der Waals surface area contributed by atoms with Crippen LogP contribution >= 0.6 is 12.0 Å². The summed E-state index contributed by atoms with van der Waals surface area (Å²) in [6, 6.07) is 12.6. The summed E-state index contributed by atoms with van der Waals surface area (Å²) in [5.41, 5.74) is -0.556. The number of aromatic hydroxyl groups is 2. The average molecular weight is 453 g/mol. The van der Waals surface area contributed by atoms with E-state index in [1.165, 1.54) is 18.2 Å². The molecule has 7 nitrogen and oxygen atoms in total. The predicted molar refractivity (Wildman–Crippen MR) is 111 cm³/mol. The Morgan fingerprint density at radius 3 is 1.62 bits per heavy atom. The summed E-state index contributed by atoms with van der Waals surface area (Å²) < 4.78 is 3.42. The molecule has 0 spiro atoms. The van der Waals surface area contributed by atoms with Crippen molar-refractivity contribution in [3.8, 4) is 11.5 Å². The van der Waals surface area contributed by atoms with E-state index in [1.54, 1.807) is 30.3 Å². The van der Waals surface area contributed by atoms with Crippen LogP contribution in [0.25, 0.3) is 0 Å². The predicted octanol–water partition coefficient (Wildman–Crippen LogP) is -1.46. The topological polar surface area (TPSA) is 140 Å². The molecule has 1 unspecified atom stereocenters. The Kier molecular flexibility index (Phi) is 53.4. The number of hydrogen-bond acceptors (Lipinski definition) is 8. The van der Waals surface area contributed by atoms with Crippen LogP contribution in [0, 0.1) is 0 Å². The quantitative estimate of drug-likeness (QED) is 0.128. The van der Waals surface area contributed by atoms with Gasteiger partial charge in [0, 0.05) is 17.6 Å². The van der Waals surface area contributed by atoms with E-state index in [0.29, 0.717) is 23.9 Å². The van der Waals surface area contributed by atoms with Crippen LogP contribution in [0.3, 0.4) is 0 Å². The number of benzene rings is 2. The average Bonchev–Trinajstić information content (AvgIpc) is 2.49. The molecule has 160 valence electrons. The van der Waals surface area contributed by atoms with Gasteiger partial charge in [0.05, 0.1) is 5.56 Å². The number of carbonyl (C=O) groups is 1. The third-order valence-corrected chi connectivity index (χ3v) is 2.91. The van der Waals surface area contributed by atoms with Gasteiger partial charge in [-0.1, -0.05) is 67.5 Å². The monoisotopic (exact) mass is 452 g/mol. The van der Waals surface area contributed by atoms with Crippen LogP contribution < -0.4 is 64.4 Å². The second-order valence-corrected chi connectivity index (χ2v) is 4.53. The third kappa shape index (κ3) is 19.6. The van der Waals surface area contributed by atoms with Crippen molar-refractivity contribution >= 4 is 18.3 Å². The molecule has 2 rings (SSSR count). The maximum absolute atomic E-state index is 10.1. The number of para-hydroxylation sites is 2. The van der Waals surface area contributed by atoms with Gasteiger partial charge in [-0.3, -0.25) is 4.79 Å². The summed E-state index contributed by atoms with van der Waals surface area (Å²) in [6.07, 6.45) is 0.620. The Morgan fingerprint density at radius 1 is 0.862 bits per heavy atom. The van der Waals surface area contributed by atoms with Crippen molar-refractivity contribution in [2.45, 2.75) is 42.6 Å². The minimum Gasteiger partial charge on any atom is -0.870 e. The Morgan fingerprint density at radius 2 is 1.28 bits per heavy atom. The largest absolute Gasteiger partial charge is 1.00 e. The number of hydrogen-bond donors (Lipinski definition) is 3. The number of phenolic OH excluding ortho intramolecular Hbond substituents is 2. The van der Waals surface area contributed by atoms with Crippen molar-refractivity contribution < 1.29 is 94.3 Å². The first-order valence-corrected chi connectivity index (χ1v) is 6.55. The maximum Gasteiger partial charge on any atom is 1.00 e. The molecule has 0 fully saturated rings. The molecule has 4 N–H and O–H groups in total. The molecule has 0 saturated carbocycles. The van der Waals surface area contributed by atoms with E-state index in [0.717, 1.165) is 0 Å². The Balaban J connectivity index is -0.0000000405. The number of aldehydes is 1. The summed E-state index contributed by atoms with van der Waals surface area (Å²) >= 11 is 0.339. The normalized spacial score (nSPS) is 8.07. The molecule has 2 aromatic rings. The molecule has 0 saturated heterocycles. The number of carbonyl (C=O) groups excluding carboxylic acids is 1. The first-order valence-electron chi connectivity index (χ1n) is 5.74. The van der Waals surface area contributed by atoms with E-state index in [4.69, 9.17) is 5.11 Å². The summed E-state index contributed by atoms with van der Waals surface area (Å²) in [6.45, 7) is 0. The van der Waals surface area contributed by atoms with E-state index in [2.05, 4.69) is 4.33 Å². The van der Waals surface area contributed by atoms with Crippen LogP contribution in [0.2, 0.25) is 0 Å². The van der Waals surface area contributed by atoms with E-state index in [-0.39, 0.29) is 119 Å². The third-order valence-electron chi connectivity index (χ3n) is 2.40. The first-order chi connectivity index (χ1) is 10.1. The minimum atomic E-state index is -1.15. The number of phenols is 2. The van der Waals surface area contributed by atoms with Gasteiger partial charge in [-0.15, -0.1) is 0 Å². The molecule has 0 aliphatic heterocycles. The number of aliphatic hydroxyl groups is 1. The standard InChI is InChI=1S/C7H8O4S.C7H6O2.5CH4.2Na.H2O/c8-6-4-2-1-3-5(6)7(9)12-11-10;8-5-6-3-1-2-4-7(6)9;;;;;;;;/h1-4,7-10H;1-5,9H;5*1H4;;;1H2/q;;;;;;;2*+1;/p-2. The van der Waals surface area contributed by atoms with E-state index in [9.17, 15) is 20.3 Å². The molecule has 1 atom stereocenters. The molecule has 0 aliphatic rings. The SMILES string of the molecule is C.C.C.C.C.O=Cc1ccccc1O.[Na+].[Na+].[O-]OSC(O)c1ccccc1O.[OH-]. The van der Waals surface area contributed by atoms with E-state index >= 15 is 0 Å². The molecule has 0 radical (unpaired) electrons. The van der Waals surface area contributed by atoms with Gasteiger partial charge in [-0.25, -0.2) is 0 Å². The Labute approximate surface area is 224 Å². The van der Waals surface area contributed by atoms with Crippen molar-refractivity contribution in [2.24, 2.45) is 0 Å². The van der Waals surface area contributed by atoms with Crippen molar-refractivity contribution in [2.75, 3.05) is 0 Å². The fourth-order valence-electron chi connectivity index (χ4n) is 1.37. The maximum atomic E-state index is 10.1. The zero-order valence-corrected chi connectivity index (χ0v) is 18.0. The first kappa shape index (κ1) is 51.5. The summed E-state index contributed by atoms with van der Waals surface area (Å²) in [5, 5.41) is 36.9. The van der Waals surface area contributed by atoms with Gasteiger partial charge >= 0.3 is 59.1 Å². The molecule has 29 heavy (non-hydrogen) atoms. The van der Waals surface area contributed by atoms with Crippen LogP contribution in [-0.2, 0) is 4.33 Å². The minimum absolute atomic E-state index is 0. The molecule has 0 heterocycles. The van der Waals surface area contributed by atoms with Gasteiger partial charge in [0.15, 0.2) is 11.7 Å². The summed E-state index contributed by atoms with van der Waals surface area (Å²) in [5.74, 6) is -0.0259. The van der Waals surface area contributed by atoms with E-state index in [1.807, 2.05) is 0 Å². The zero-order chi connectivity index (χ0) is 15.7. The van der Waals surface area contributed by atoms with Crippen molar-refractivity contribution in [3.63, 3.8) is 0 Å². The van der Waals surface area contributed by atoms with Gasteiger partial charge in [0.1, 0.15) is 11.5 Å². The van der Waals surface area contributed by atoms with Crippen LogP contribution in [0.5, 0.6) is 11.5 Å². The second-order valence-electron chi connectivity index (χ2n) is 3.75. The van der Waals surface area contributed by atoms with Crippen molar-refractivity contribution in [1.29, 1.82) is 0 Å². The summed E-state index contributed by atoms with van der Waals surface area (Å²) in [4.78, 5) is 10.1. The number of aliphatic hydroxyl groups excluding tert-OH is 1. The van der Waals surface area contributed by atoms with Gasteiger partial charge in [-0.05, 0) is 18.2 Å². The molecule has 0 amide bonds. The van der Waals surface area contributed by atoms with Gasteiger partial charge < -0.3 is 30.4 Å². The van der Waals surface area contributed by atoms with Crippen LogP contribution in [0.4, 0.5) is 0 Å². The second kappa shape index (κ2) is 30.1. The van der Waals surface area contributed by atoms with Crippen LogP contribution in [0.1, 0.15) is 58.5 Å². The zero-order valence-electron chi connectivity index (χ0n) is 13.2. The molecule has 0 aliphatic carbocycles. The van der Waals surface area contributed by atoms with Gasteiger partial charge in [-0.2, -0.15) is 0 Å². The molecule has 2 aromatic carbocycles. The van der Waals surface area contributed by atoms with E-state index < -0.39 is 5.44 Å². The fraction of sp³-hybridized carbons (Fsp3) is 0.316. The van der Waals surface area contributed by atoms with Gasteiger partial charge in [0.2, 0.25) is 0 Å². The van der Waals surface area contributed by atoms with Crippen LogP contribution in [-0.4, -0.2) is 27.1 Å². The van der Waals surface area contributed by atoms with Gasteiger partial charge in [0.25, 0.3) is 0 Å². The smallest absolute Gasteiger partial charge is 0.870 e. The molecule has 10 heteroatoms. The Bertz CT molecular complexity index is 590. The van der Waals surface area contributed by atoms with Crippen molar-refractivity contribution in [1.82, 2.24) is 0 Å². The molecular weight excluding hydrogens is 418 g/mol.